The van der Waals surface area contributed by atoms with Gasteiger partial charge in [0.1, 0.15) is 0 Å². The first-order valence-corrected chi connectivity index (χ1v) is 7.51. The second-order valence-electron chi connectivity index (χ2n) is 5.05. The molecule has 0 heterocycles. The van der Waals surface area contributed by atoms with Crippen LogP contribution < -0.4 is 20.1 Å². The molecule has 0 spiro atoms. The van der Waals surface area contributed by atoms with E-state index >= 15 is 0 Å². The van der Waals surface area contributed by atoms with Crippen LogP contribution in [0.2, 0.25) is 0 Å². The Bertz CT molecular complexity index is 654. The summed E-state index contributed by atoms with van der Waals surface area (Å²) < 4.78 is 10.4. The van der Waals surface area contributed by atoms with E-state index in [-0.39, 0.29) is 6.03 Å². The van der Waals surface area contributed by atoms with E-state index in [0.717, 1.165) is 17.7 Å². The first kappa shape index (κ1) is 16.7. The van der Waals surface area contributed by atoms with Gasteiger partial charge >= 0.3 is 6.03 Å². The lowest BCUT2D eigenvalue weighted by Gasteiger charge is -2.11. The van der Waals surface area contributed by atoms with Gasteiger partial charge in [0.05, 0.1) is 14.2 Å². The molecule has 0 atom stereocenters. The van der Waals surface area contributed by atoms with Crippen molar-refractivity contribution in [3.05, 3.63) is 53.6 Å². The van der Waals surface area contributed by atoms with Gasteiger partial charge in [0.15, 0.2) is 11.5 Å². The minimum absolute atomic E-state index is 0.246. The van der Waals surface area contributed by atoms with Crippen LogP contribution in [0.5, 0.6) is 11.5 Å². The Labute approximate surface area is 136 Å². The van der Waals surface area contributed by atoms with Crippen molar-refractivity contribution in [1.29, 1.82) is 0 Å². The van der Waals surface area contributed by atoms with Gasteiger partial charge in [-0.2, -0.15) is 0 Å². The molecule has 2 amide bonds. The van der Waals surface area contributed by atoms with Crippen molar-refractivity contribution in [2.24, 2.45) is 0 Å². The van der Waals surface area contributed by atoms with Crippen LogP contribution in [0.1, 0.15) is 18.1 Å². The lowest BCUT2D eigenvalue weighted by Crippen LogP contribution is -2.28. The molecule has 0 saturated carbocycles. The maximum atomic E-state index is 11.9. The molecule has 5 heteroatoms. The first-order chi connectivity index (χ1) is 11.2. The number of aryl methyl sites for hydroxylation is 1. The van der Waals surface area contributed by atoms with Crippen LogP contribution in [0.25, 0.3) is 0 Å². The zero-order chi connectivity index (χ0) is 16.7. The molecule has 0 aliphatic carbocycles. The number of carbonyl (C=O) groups excluding carboxylic acids is 1. The van der Waals surface area contributed by atoms with Gasteiger partial charge in [-0.15, -0.1) is 0 Å². The third-order valence-electron chi connectivity index (χ3n) is 3.52. The number of carbonyl (C=O) groups is 1. The molecule has 122 valence electrons. The van der Waals surface area contributed by atoms with Crippen LogP contribution in [0, 0.1) is 0 Å². The fourth-order valence-corrected chi connectivity index (χ4v) is 2.17. The summed E-state index contributed by atoms with van der Waals surface area (Å²) in [6, 6.07) is 13.1. The van der Waals surface area contributed by atoms with Crippen LogP contribution in [0.3, 0.4) is 0 Å². The number of rotatable bonds is 6. The number of hydrogen-bond acceptors (Lipinski definition) is 3. The molecule has 5 nitrogen and oxygen atoms in total. The summed E-state index contributed by atoms with van der Waals surface area (Å²) >= 11 is 0. The highest BCUT2D eigenvalue weighted by Crippen LogP contribution is 2.27. The minimum atomic E-state index is -0.246. The maximum absolute atomic E-state index is 11.9. The molecular weight excluding hydrogens is 292 g/mol. The molecule has 0 bridgehead atoms. The summed E-state index contributed by atoms with van der Waals surface area (Å²) in [5, 5.41) is 5.63. The number of nitrogens with one attached hydrogen (secondary N) is 2. The average Bonchev–Trinajstić information content (AvgIpc) is 2.60. The number of anilines is 1. The number of benzene rings is 2. The van der Waals surface area contributed by atoms with E-state index < -0.39 is 0 Å². The van der Waals surface area contributed by atoms with Gasteiger partial charge in [-0.25, -0.2) is 4.79 Å². The molecular formula is C18H22N2O3. The van der Waals surface area contributed by atoms with Crippen molar-refractivity contribution in [2.45, 2.75) is 19.9 Å². The molecule has 0 aliphatic rings. The van der Waals surface area contributed by atoms with Crippen LogP contribution in [0.15, 0.2) is 42.5 Å². The van der Waals surface area contributed by atoms with Crippen molar-refractivity contribution < 1.29 is 14.3 Å². The molecule has 0 radical (unpaired) electrons. The summed E-state index contributed by atoms with van der Waals surface area (Å²) in [5.41, 5.74) is 2.94. The molecule has 0 fully saturated rings. The van der Waals surface area contributed by atoms with Gasteiger partial charge in [-0.3, -0.25) is 0 Å². The second kappa shape index (κ2) is 8.08. The summed E-state index contributed by atoms with van der Waals surface area (Å²) in [5.74, 6) is 1.30. The highest BCUT2D eigenvalue weighted by Gasteiger charge is 2.06. The van der Waals surface area contributed by atoms with E-state index in [0.29, 0.717) is 18.0 Å². The van der Waals surface area contributed by atoms with Crippen molar-refractivity contribution >= 4 is 11.7 Å². The monoisotopic (exact) mass is 314 g/mol. The lowest BCUT2D eigenvalue weighted by molar-refractivity contribution is 0.251. The van der Waals surface area contributed by atoms with Crippen molar-refractivity contribution in [1.82, 2.24) is 5.32 Å². The molecule has 2 aromatic rings. The second-order valence-corrected chi connectivity index (χ2v) is 5.05. The lowest BCUT2D eigenvalue weighted by atomic mass is 10.1. The van der Waals surface area contributed by atoms with Crippen molar-refractivity contribution in [2.75, 3.05) is 19.5 Å². The van der Waals surface area contributed by atoms with Crippen molar-refractivity contribution in [3.63, 3.8) is 0 Å². The number of amides is 2. The number of hydrogen-bond donors (Lipinski definition) is 2. The first-order valence-electron chi connectivity index (χ1n) is 7.51. The SMILES string of the molecule is CCc1ccc(NC(=O)NCc2ccc(OC)c(OC)c2)cc1. The van der Waals surface area contributed by atoms with E-state index in [1.54, 1.807) is 14.2 Å². The summed E-state index contributed by atoms with van der Waals surface area (Å²) in [4.78, 5) is 11.9. The Morgan fingerprint density at radius 1 is 0.957 bits per heavy atom. The summed E-state index contributed by atoms with van der Waals surface area (Å²) in [6.07, 6.45) is 0.978. The minimum Gasteiger partial charge on any atom is -0.493 e. The van der Waals surface area contributed by atoms with Gasteiger partial charge in [0, 0.05) is 12.2 Å². The molecule has 0 saturated heterocycles. The fraction of sp³-hybridized carbons (Fsp3) is 0.278. The Kier molecular flexibility index (Phi) is 5.86. The molecule has 0 unspecified atom stereocenters. The smallest absolute Gasteiger partial charge is 0.319 e. The number of urea groups is 1. The van der Waals surface area contributed by atoms with E-state index in [9.17, 15) is 4.79 Å². The van der Waals surface area contributed by atoms with Crippen LogP contribution in [0.4, 0.5) is 10.5 Å². The predicted octanol–water partition coefficient (Wildman–Crippen LogP) is 3.59. The van der Waals surface area contributed by atoms with E-state index in [4.69, 9.17) is 9.47 Å². The number of methoxy groups -OCH3 is 2. The quantitative estimate of drug-likeness (QED) is 0.856. The van der Waals surface area contributed by atoms with Crippen molar-refractivity contribution in [3.8, 4) is 11.5 Å². The number of ether oxygens (including phenoxy) is 2. The predicted molar refractivity (Wildman–Crippen MR) is 91.2 cm³/mol. The van der Waals surface area contributed by atoms with Gasteiger partial charge in [0.2, 0.25) is 0 Å². The largest absolute Gasteiger partial charge is 0.493 e. The van der Waals surface area contributed by atoms with Gasteiger partial charge in [-0.1, -0.05) is 25.1 Å². The molecule has 2 rings (SSSR count). The Balaban J connectivity index is 1.90. The van der Waals surface area contributed by atoms with Crippen LogP contribution in [-0.4, -0.2) is 20.3 Å². The standard InChI is InChI=1S/C18H22N2O3/c1-4-13-5-8-15(9-6-13)20-18(21)19-12-14-7-10-16(22-2)17(11-14)23-3/h5-11H,4,12H2,1-3H3,(H2,19,20,21). The zero-order valence-corrected chi connectivity index (χ0v) is 13.7. The normalized spacial score (nSPS) is 10.0. The van der Waals surface area contributed by atoms with E-state index in [1.165, 1.54) is 5.56 Å². The Morgan fingerprint density at radius 3 is 2.22 bits per heavy atom. The van der Waals surface area contributed by atoms with Gasteiger partial charge in [-0.05, 0) is 41.8 Å². The van der Waals surface area contributed by atoms with Crippen LogP contribution in [-0.2, 0) is 13.0 Å². The summed E-state index contributed by atoms with van der Waals surface area (Å²) in [6.45, 7) is 2.50. The average molecular weight is 314 g/mol. The van der Waals surface area contributed by atoms with E-state index in [2.05, 4.69) is 17.6 Å². The molecule has 0 aromatic heterocycles. The van der Waals surface area contributed by atoms with E-state index in [1.807, 2.05) is 42.5 Å². The maximum Gasteiger partial charge on any atom is 0.319 e. The fourth-order valence-electron chi connectivity index (χ4n) is 2.17. The third kappa shape index (κ3) is 4.64. The molecule has 2 aromatic carbocycles. The highest BCUT2D eigenvalue weighted by atomic mass is 16.5. The zero-order valence-electron chi connectivity index (χ0n) is 13.7. The summed E-state index contributed by atoms with van der Waals surface area (Å²) in [7, 11) is 3.18. The third-order valence-corrected chi connectivity index (χ3v) is 3.52. The topological polar surface area (TPSA) is 59.6 Å². The molecule has 0 aliphatic heterocycles. The Hall–Kier alpha value is -2.69. The molecule has 2 N–H and O–H groups in total. The van der Waals surface area contributed by atoms with Gasteiger partial charge < -0.3 is 20.1 Å². The van der Waals surface area contributed by atoms with Gasteiger partial charge in [0.25, 0.3) is 0 Å². The Morgan fingerprint density at radius 2 is 1.61 bits per heavy atom. The highest BCUT2D eigenvalue weighted by molar-refractivity contribution is 5.89. The van der Waals surface area contributed by atoms with Crippen LogP contribution >= 0.6 is 0 Å². The molecule has 23 heavy (non-hydrogen) atoms.